The second kappa shape index (κ2) is 5.34. The van der Waals surface area contributed by atoms with Crippen LogP contribution in [0, 0.1) is 6.92 Å². The van der Waals surface area contributed by atoms with Gasteiger partial charge in [0.2, 0.25) is 9.84 Å². The minimum atomic E-state index is -4.87. The van der Waals surface area contributed by atoms with Gasteiger partial charge in [-0.25, -0.2) is 8.42 Å². The predicted molar refractivity (Wildman–Crippen MR) is 64.2 cm³/mol. The molecule has 0 aliphatic rings. The summed E-state index contributed by atoms with van der Waals surface area (Å²) in [5.74, 6) is 0. The Hall–Kier alpha value is -1.34. The van der Waals surface area contributed by atoms with E-state index in [4.69, 9.17) is 5.11 Å². The highest BCUT2D eigenvalue weighted by Gasteiger charge is 2.39. The van der Waals surface area contributed by atoms with Crippen molar-refractivity contribution in [1.29, 1.82) is 0 Å². The van der Waals surface area contributed by atoms with Crippen LogP contribution < -0.4 is 0 Å². The standard InChI is InChI=1S/C12H13F3O3S/c1-8-3-5-10(6-4-8)19(17,18)9(2)7-11(16)12(13,14)15/h3-6,11,16H,2,7H2,1H3. The van der Waals surface area contributed by atoms with Crippen LogP contribution in [0.5, 0.6) is 0 Å². The molecular formula is C12H13F3O3S. The van der Waals surface area contributed by atoms with Gasteiger partial charge in [0.05, 0.1) is 4.90 Å². The first-order chi connectivity index (χ1) is 8.55. The van der Waals surface area contributed by atoms with Crippen molar-refractivity contribution in [2.45, 2.75) is 30.5 Å². The summed E-state index contributed by atoms with van der Waals surface area (Å²) in [6, 6.07) is 5.63. The number of hydrogen-bond acceptors (Lipinski definition) is 3. The van der Waals surface area contributed by atoms with Crippen molar-refractivity contribution in [1.82, 2.24) is 0 Å². The molecule has 3 nitrogen and oxygen atoms in total. The van der Waals surface area contributed by atoms with E-state index in [2.05, 4.69) is 6.58 Å². The Bertz CT molecular complexity index is 559. The number of aliphatic hydroxyl groups excluding tert-OH is 1. The van der Waals surface area contributed by atoms with Crippen molar-refractivity contribution in [2.24, 2.45) is 0 Å². The Kier molecular flexibility index (Phi) is 4.42. The quantitative estimate of drug-likeness (QED) is 0.928. The third-order valence-corrected chi connectivity index (χ3v) is 4.33. The van der Waals surface area contributed by atoms with E-state index in [1.54, 1.807) is 6.92 Å². The summed E-state index contributed by atoms with van der Waals surface area (Å²) in [6.45, 7) is 4.88. The van der Waals surface area contributed by atoms with Crippen molar-refractivity contribution in [3.05, 3.63) is 41.3 Å². The van der Waals surface area contributed by atoms with E-state index in [1.165, 1.54) is 24.3 Å². The first-order valence-corrected chi connectivity index (χ1v) is 6.78. The predicted octanol–water partition coefficient (Wildman–Crippen LogP) is 2.60. The molecule has 1 N–H and O–H groups in total. The summed E-state index contributed by atoms with van der Waals surface area (Å²) in [5, 5.41) is 8.86. The molecule has 0 heterocycles. The maximum atomic E-state index is 12.2. The zero-order valence-corrected chi connectivity index (χ0v) is 10.9. The van der Waals surface area contributed by atoms with Gasteiger partial charge in [-0.05, 0) is 19.1 Å². The molecule has 1 aromatic rings. The molecule has 7 heteroatoms. The average molecular weight is 294 g/mol. The number of sulfone groups is 1. The molecule has 1 unspecified atom stereocenters. The summed E-state index contributed by atoms with van der Waals surface area (Å²) >= 11 is 0. The number of hydrogen-bond donors (Lipinski definition) is 1. The van der Waals surface area contributed by atoms with Gasteiger partial charge in [-0.15, -0.1) is 0 Å². The van der Waals surface area contributed by atoms with Gasteiger partial charge in [0.25, 0.3) is 0 Å². The van der Waals surface area contributed by atoms with Gasteiger partial charge in [-0.3, -0.25) is 0 Å². The number of benzene rings is 1. The summed E-state index contributed by atoms with van der Waals surface area (Å²) in [5.41, 5.74) is 0.819. The van der Waals surface area contributed by atoms with Gasteiger partial charge in [0.15, 0.2) is 6.10 Å². The zero-order chi connectivity index (χ0) is 14.8. The molecule has 0 amide bonds. The van der Waals surface area contributed by atoms with Crippen molar-refractivity contribution in [2.75, 3.05) is 0 Å². The molecule has 0 saturated carbocycles. The molecule has 0 aliphatic heterocycles. The normalized spacial score (nSPS) is 14.2. The topological polar surface area (TPSA) is 54.4 Å². The molecule has 0 saturated heterocycles. The van der Waals surface area contributed by atoms with Crippen molar-refractivity contribution >= 4 is 9.84 Å². The maximum Gasteiger partial charge on any atom is 0.414 e. The fourth-order valence-corrected chi connectivity index (χ4v) is 2.53. The monoisotopic (exact) mass is 294 g/mol. The van der Waals surface area contributed by atoms with E-state index in [1.807, 2.05) is 0 Å². The van der Waals surface area contributed by atoms with Crippen molar-refractivity contribution < 1.29 is 26.7 Å². The fourth-order valence-electron chi connectivity index (χ4n) is 1.33. The number of aliphatic hydroxyl groups is 1. The second-order valence-corrected chi connectivity index (χ2v) is 6.17. The number of halogens is 3. The highest BCUT2D eigenvalue weighted by Crippen LogP contribution is 2.28. The molecule has 0 spiro atoms. The first-order valence-electron chi connectivity index (χ1n) is 5.29. The van der Waals surface area contributed by atoms with Gasteiger partial charge in [0.1, 0.15) is 0 Å². The van der Waals surface area contributed by atoms with E-state index in [9.17, 15) is 21.6 Å². The summed E-state index contributed by atoms with van der Waals surface area (Å²) in [6.07, 6.45) is -8.67. The van der Waals surface area contributed by atoms with E-state index < -0.39 is 33.4 Å². The third-order valence-electron chi connectivity index (χ3n) is 2.51. The van der Waals surface area contributed by atoms with Crippen LogP contribution in [-0.2, 0) is 9.84 Å². The fraction of sp³-hybridized carbons (Fsp3) is 0.333. The van der Waals surface area contributed by atoms with Gasteiger partial charge in [-0.2, -0.15) is 13.2 Å². The summed E-state index contributed by atoms with van der Waals surface area (Å²) < 4.78 is 60.4. The number of aryl methyl sites for hydroxylation is 1. The van der Waals surface area contributed by atoms with Crippen LogP contribution in [0.3, 0.4) is 0 Å². The van der Waals surface area contributed by atoms with Crippen LogP contribution in [0.2, 0.25) is 0 Å². The minimum Gasteiger partial charge on any atom is -0.383 e. The maximum absolute atomic E-state index is 12.2. The molecular weight excluding hydrogens is 281 g/mol. The molecule has 1 rings (SSSR count). The first kappa shape index (κ1) is 15.7. The highest BCUT2D eigenvalue weighted by molar-refractivity contribution is 7.95. The van der Waals surface area contributed by atoms with Crippen LogP contribution >= 0.6 is 0 Å². The van der Waals surface area contributed by atoms with E-state index in [-0.39, 0.29) is 4.90 Å². The van der Waals surface area contributed by atoms with Crippen LogP contribution in [0.15, 0.2) is 40.6 Å². The van der Waals surface area contributed by atoms with Gasteiger partial charge < -0.3 is 5.11 Å². The number of rotatable bonds is 4. The van der Waals surface area contributed by atoms with Crippen molar-refractivity contribution in [3.8, 4) is 0 Å². The molecule has 1 atom stereocenters. The molecule has 0 aliphatic carbocycles. The minimum absolute atomic E-state index is 0.141. The second-order valence-electron chi connectivity index (χ2n) is 4.12. The SMILES string of the molecule is C=C(CC(O)C(F)(F)F)S(=O)(=O)c1ccc(C)cc1. The largest absolute Gasteiger partial charge is 0.414 e. The van der Waals surface area contributed by atoms with Gasteiger partial charge >= 0.3 is 6.18 Å². The third kappa shape index (κ3) is 3.81. The number of alkyl halides is 3. The molecule has 19 heavy (non-hydrogen) atoms. The Labute approximate surface area is 109 Å². The van der Waals surface area contributed by atoms with Crippen LogP contribution in [0.4, 0.5) is 13.2 Å². The Morgan fingerprint density at radius 1 is 1.32 bits per heavy atom. The molecule has 1 aromatic carbocycles. The van der Waals surface area contributed by atoms with E-state index in [0.29, 0.717) is 0 Å². The van der Waals surface area contributed by atoms with E-state index in [0.717, 1.165) is 5.56 Å². The molecule has 0 radical (unpaired) electrons. The van der Waals surface area contributed by atoms with Crippen LogP contribution in [-0.4, -0.2) is 25.8 Å². The molecule has 0 bridgehead atoms. The Morgan fingerprint density at radius 2 is 1.79 bits per heavy atom. The molecule has 0 fully saturated rings. The lowest BCUT2D eigenvalue weighted by Crippen LogP contribution is -2.29. The average Bonchev–Trinajstić information content (AvgIpc) is 2.28. The smallest absolute Gasteiger partial charge is 0.383 e. The molecule has 0 aromatic heterocycles. The van der Waals surface area contributed by atoms with Gasteiger partial charge in [-0.1, -0.05) is 24.3 Å². The Morgan fingerprint density at radius 3 is 2.21 bits per heavy atom. The summed E-state index contributed by atoms with van der Waals surface area (Å²) in [4.78, 5) is -0.807. The van der Waals surface area contributed by atoms with E-state index >= 15 is 0 Å². The molecule has 106 valence electrons. The Balaban J connectivity index is 2.95. The van der Waals surface area contributed by atoms with Crippen LogP contribution in [0.25, 0.3) is 0 Å². The van der Waals surface area contributed by atoms with Crippen LogP contribution in [0.1, 0.15) is 12.0 Å². The van der Waals surface area contributed by atoms with Gasteiger partial charge in [0, 0.05) is 11.3 Å². The summed E-state index contributed by atoms with van der Waals surface area (Å²) in [7, 11) is -4.07. The lowest BCUT2D eigenvalue weighted by molar-refractivity contribution is -0.202. The lowest BCUT2D eigenvalue weighted by atomic mass is 10.2. The lowest BCUT2D eigenvalue weighted by Gasteiger charge is -2.16. The zero-order valence-electron chi connectivity index (χ0n) is 10.1. The van der Waals surface area contributed by atoms with Crippen molar-refractivity contribution in [3.63, 3.8) is 0 Å². The highest BCUT2D eigenvalue weighted by atomic mass is 32.2.